The van der Waals surface area contributed by atoms with Crippen LogP contribution in [0, 0.1) is 5.92 Å². The summed E-state index contributed by atoms with van der Waals surface area (Å²) < 4.78 is 6.41. The number of β-amino-alcohol motifs (C(OH)–C–C–N with tert-alkyl or cyclic N) is 1. The van der Waals surface area contributed by atoms with Crippen LogP contribution in [-0.2, 0) is 4.79 Å². The fourth-order valence-electron chi connectivity index (χ4n) is 4.42. The lowest BCUT2D eigenvalue weighted by Gasteiger charge is -2.32. The number of hydrogen-bond donors (Lipinski definition) is 2. The number of aliphatic hydroxyl groups excluding tert-OH is 1. The van der Waals surface area contributed by atoms with Crippen molar-refractivity contribution in [1.29, 1.82) is 0 Å². The van der Waals surface area contributed by atoms with Crippen LogP contribution >= 0.6 is 11.3 Å². The number of pyridine rings is 1. The molecule has 5 rings (SSSR count). The van der Waals surface area contributed by atoms with Gasteiger partial charge in [0.25, 0.3) is 0 Å². The molecule has 1 unspecified atom stereocenters. The number of nitrogens with zero attached hydrogens (tertiary/aromatic N) is 3. The van der Waals surface area contributed by atoms with Crippen molar-refractivity contribution in [2.24, 2.45) is 5.92 Å². The summed E-state index contributed by atoms with van der Waals surface area (Å²) in [6.45, 7) is 2.05. The lowest BCUT2D eigenvalue weighted by molar-refractivity contribution is -0.121. The monoisotopic (exact) mass is 462 g/mol. The Morgan fingerprint density at radius 3 is 2.82 bits per heavy atom. The first-order chi connectivity index (χ1) is 16.1. The van der Waals surface area contributed by atoms with E-state index in [0.717, 1.165) is 58.4 Å². The molecule has 2 N–H and O–H groups in total. The van der Waals surface area contributed by atoms with Crippen molar-refractivity contribution in [3.63, 3.8) is 0 Å². The Labute approximate surface area is 196 Å². The van der Waals surface area contributed by atoms with Gasteiger partial charge in [-0.25, -0.2) is 4.98 Å². The number of thiazole rings is 1. The normalized spacial score (nSPS) is 16.2. The summed E-state index contributed by atoms with van der Waals surface area (Å²) in [6.07, 6.45) is 2.60. The van der Waals surface area contributed by atoms with E-state index in [2.05, 4.69) is 20.2 Å². The van der Waals surface area contributed by atoms with Crippen molar-refractivity contribution in [3.05, 3.63) is 60.3 Å². The number of anilines is 1. The molecule has 2 aromatic carbocycles. The van der Waals surface area contributed by atoms with Gasteiger partial charge in [0.2, 0.25) is 5.91 Å². The van der Waals surface area contributed by atoms with Gasteiger partial charge in [0.15, 0.2) is 5.13 Å². The number of fused-ring (bicyclic) bond motifs is 2. The van der Waals surface area contributed by atoms with Crippen LogP contribution in [0.4, 0.5) is 5.13 Å². The summed E-state index contributed by atoms with van der Waals surface area (Å²) in [4.78, 5) is 23.9. The van der Waals surface area contributed by atoms with Crippen LogP contribution in [0.2, 0.25) is 0 Å². The number of nitrogens with one attached hydrogen (secondary N) is 1. The number of carbonyl (C=O) groups is 1. The second kappa shape index (κ2) is 9.43. The maximum Gasteiger partial charge on any atom is 0.229 e. The molecule has 1 amide bonds. The van der Waals surface area contributed by atoms with Crippen molar-refractivity contribution in [2.45, 2.75) is 18.9 Å². The number of para-hydroxylation sites is 1. The summed E-state index contributed by atoms with van der Waals surface area (Å²) >= 11 is 1.50. The maximum absolute atomic E-state index is 12.8. The molecule has 3 heterocycles. The highest BCUT2D eigenvalue weighted by molar-refractivity contribution is 7.22. The molecule has 1 fully saturated rings. The molecule has 0 radical (unpaired) electrons. The summed E-state index contributed by atoms with van der Waals surface area (Å²) in [7, 11) is 1.63. The second-order valence-electron chi connectivity index (χ2n) is 8.35. The van der Waals surface area contributed by atoms with Gasteiger partial charge in [-0.1, -0.05) is 23.5 Å². The van der Waals surface area contributed by atoms with E-state index >= 15 is 0 Å². The largest absolute Gasteiger partial charge is 0.497 e. The number of hydrogen-bond acceptors (Lipinski definition) is 7. The van der Waals surface area contributed by atoms with Crippen molar-refractivity contribution >= 4 is 43.5 Å². The Balaban J connectivity index is 1.19. The number of ether oxygens (including phenoxy) is 1. The zero-order chi connectivity index (χ0) is 22.8. The molecule has 2 aromatic heterocycles. The number of amides is 1. The van der Waals surface area contributed by atoms with Crippen molar-refractivity contribution in [3.8, 4) is 5.75 Å². The number of rotatable bonds is 6. The molecule has 1 aliphatic rings. The van der Waals surface area contributed by atoms with E-state index in [1.54, 1.807) is 13.3 Å². The van der Waals surface area contributed by atoms with Crippen LogP contribution in [0.15, 0.2) is 54.7 Å². The predicted octanol–water partition coefficient (Wildman–Crippen LogP) is 4.24. The molecular formula is C25H26N4O3S. The molecule has 0 aliphatic carbocycles. The number of piperidine rings is 1. The van der Waals surface area contributed by atoms with Crippen LogP contribution in [-0.4, -0.2) is 52.6 Å². The van der Waals surface area contributed by atoms with E-state index in [1.807, 2.05) is 48.5 Å². The molecule has 0 bridgehead atoms. The van der Waals surface area contributed by atoms with Gasteiger partial charge in [-0.15, -0.1) is 0 Å². The van der Waals surface area contributed by atoms with Gasteiger partial charge in [0.1, 0.15) is 5.75 Å². The van der Waals surface area contributed by atoms with Gasteiger partial charge >= 0.3 is 0 Å². The molecule has 4 aromatic rings. The topological polar surface area (TPSA) is 87.6 Å². The Kier molecular flexibility index (Phi) is 6.22. The third-order valence-corrected chi connectivity index (χ3v) is 7.21. The van der Waals surface area contributed by atoms with Gasteiger partial charge < -0.3 is 20.1 Å². The van der Waals surface area contributed by atoms with Gasteiger partial charge in [0, 0.05) is 24.0 Å². The van der Waals surface area contributed by atoms with Crippen molar-refractivity contribution < 1.29 is 14.6 Å². The van der Waals surface area contributed by atoms with E-state index in [9.17, 15) is 9.90 Å². The van der Waals surface area contributed by atoms with E-state index in [-0.39, 0.29) is 11.8 Å². The SMILES string of the molecule is COc1ccc2nccc(C(O)CN3CCC(C(=O)Nc4nc5ccccc5s4)CC3)c2c1. The first kappa shape index (κ1) is 21.8. The predicted molar refractivity (Wildman–Crippen MR) is 131 cm³/mol. The zero-order valence-corrected chi connectivity index (χ0v) is 19.2. The molecule has 170 valence electrons. The molecule has 1 saturated heterocycles. The van der Waals surface area contributed by atoms with Gasteiger partial charge in [-0.3, -0.25) is 9.78 Å². The first-order valence-electron chi connectivity index (χ1n) is 11.1. The summed E-state index contributed by atoms with van der Waals surface area (Å²) in [5.74, 6) is 0.724. The van der Waals surface area contributed by atoms with Crippen LogP contribution in [0.1, 0.15) is 24.5 Å². The van der Waals surface area contributed by atoms with Crippen LogP contribution in [0.25, 0.3) is 21.1 Å². The average Bonchev–Trinajstić information content (AvgIpc) is 3.26. The number of methoxy groups -OCH3 is 1. The summed E-state index contributed by atoms with van der Waals surface area (Å²) in [5, 5.41) is 15.5. The fraction of sp³-hybridized carbons (Fsp3) is 0.320. The molecule has 1 atom stereocenters. The van der Waals surface area contributed by atoms with E-state index in [1.165, 1.54) is 11.3 Å². The average molecular weight is 463 g/mol. The molecule has 1 aliphatic heterocycles. The lowest BCUT2D eigenvalue weighted by atomic mass is 9.95. The highest BCUT2D eigenvalue weighted by Gasteiger charge is 2.27. The minimum Gasteiger partial charge on any atom is -0.497 e. The third kappa shape index (κ3) is 4.68. The quantitative estimate of drug-likeness (QED) is 0.446. The summed E-state index contributed by atoms with van der Waals surface area (Å²) in [6, 6.07) is 15.4. The molecular weight excluding hydrogens is 436 g/mol. The number of aliphatic hydroxyl groups is 1. The van der Waals surface area contributed by atoms with E-state index in [0.29, 0.717) is 11.7 Å². The minimum atomic E-state index is -0.643. The number of likely N-dealkylation sites (tertiary alicyclic amines) is 1. The van der Waals surface area contributed by atoms with Crippen LogP contribution in [0.5, 0.6) is 5.75 Å². The third-order valence-electron chi connectivity index (χ3n) is 6.25. The van der Waals surface area contributed by atoms with Crippen molar-refractivity contribution in [2.75, 3.05) is 32.1 Å². The first-order valence-corrected chi connectivity index (χ1v) is 11.9. The maximum atomic E-state index is 12.8. The minimum absolute atomic E-state index is 0.0291. The second-order valence-corrected chi connectivity index (χ2v) is 9.38. The number of benzene rings is 2. The van der Waals surface area contributed by atoms with Gasteiger partial charge in [-0.2, -0.15) is 0 Å². The molecule has 7 nitrogen and oxygen atoms in total. The summed E-state index contributed by atoms with van der Waals surface area (Å²) in [5.41, 5.74) is 2.58. The highest BCUT2D eigenvalue weighted by atomic mass is 32.1. The Bertz CT molecular complexity index is 1250. The fourth-order valence-corrected chi connectivity index (χ4v) is 5.29. The Morgan fingerprint density at radius 1 is 1.21 bits per heavy atom. The number of carbonyl (C=O) groups excluding carboxylic acids is 1. The standard InChI is InChI=1S/C25H26N4O3S/c1-32-17-6-7-20-19(14-17)18(8-11-26-20)22(30)15-29-12-9-16(10-13-29)24(31)28-25-27-21-4-2-3-5-23(21)33-25/h2-8,11,14,16,22,30H,9-10,12-13,15H2,1H3,(H,27,28,31). The zero-order valence-electron chi connectivity index (χ0n) is 18.4. The van der Waals surface area contributed by atoms with Crippen LogP contribution in [0.3, 0.4) is 0 Å². The Morgan fingerprint density at radius 2 is 2.03 bits per heavy atom. The van der Waals surface area contributed by atoms with E-state index in [4.69, 9.17) is 4.74 Å². The van der Waals surface area contributed by atoms with E-state index < -0.39 is 6.10 Å². The molecule has 0 saturated carbocycles. The molecule has 33 heavy (non-hydrogen) atoms. The number of aromatic nitrogens is 2. The molecule has 0 spiro atoms. The van der Waals surface area contributed by atoms with Gasteiger partial charge in [-0.05, 0) is 67.9 Å². The molecule has 8 heteroatoms. The smallest absolute Gasteiger partial charge is 0.229 e. The van der Waals surface area contributed by atoms with Crippen LogP contribution < -0.4 is 10.1 Å². The highest BCUT2D eigenvalue weighted by Crippen LogP contribution is 2.29. The van der Waals surface area contributed by atoms with Crippen molar-refractivity contribution in [1.82, 2.24) is 14.9 Å². The van der Waals surface area contributed by atoms with Gasteiger partial charge in [0.05, 0.1) is 28.9 Å². The lowest BCUT2D eigenvalue weighted by Crippen LogP contribution is -2.40. The Hall–Kier alpha value is -3.07.